The van der Waals surface area contributed by atoms with Crippen LogP contribution in [0.2, 0.25) is 0 Å². The smallest absolute Gasteiger partial charge is 0.264 e. The first-order valence-corrected chi connectivity index (χ1v) is 13.1. The molecule has 8 heteroatoms. The highest BCUT2D eigenvalue weighted by atomic mass is 32.2. The van der Waals surface area contributed by atoms with Crippen LogP contribution in [0.1, 0.15) is 30.5 Å². The summed E-state index contributed by atoms with van der Waals surface area (Å²) in [6, 6.07) is 19.7. The number of nitrogens with zero attached hydrogens (tertiary/aromatic N) is 1. The average molecular weight is 511 g/mol. The van der Waals surface area contributed by atoms with Crippen molar-refractivity contribution in [1.82, 2.24) is 5.32 Å². The highest BCUT2D eigenvalue weighted by molar-refractivity contribution is 7.92. The third kappa shape index (κ3) is 6.57. The van der Waals surface area contributed by atoms with E-state index in [-0.39, 0.29) is 17.2 Å². The van der Waals surface area contributed by atoms with Gasteiger partial charge < -0.3 is 14.8 Å². The van der Waals surface area contributed by atoms with Gasteiger partial charge in [0.15, 0.2) is 11.5 Å². The lowest BCUT2D eigenvalue weighted by Crippen LogP contribution is -2.50. The van der Waals surface area contributed by atoms with Gasteiger partial charge in [-0.3, -0.25) is 9.10 Å². The SMILES string of the molecule is COc1ccc(S(=O)(=O)N(CC(=O)NC(C)(C)Cc2ccccc2)c2cc(C)cc(C)c2)cc1OC. The van der Waals surface area contributed by atoms with Gasteiger partial charge in [0.25, 0.3) is 10.0 Å². The largest absolute Gasteiger partial charge is 0.493 e. The van der Waals surface area contributed by atoms with E-state index in [4.69, 9.17) is 9.47 Å². The summed E-state index contributed by atoms with van der Waals surface area (Å²) < 4.78 is 39.4. The number of ether oxygens (including phenoxy) is 2. The minimum absolute atomic E-state index is 0.00402. The van der Waals surface area contributed by atoms with Gasteiger partial charge in [-0.05, 0) is 75.1 Å². The number of hydrogen-bond donors (Lipinski definition) is 1. The lowest BCUT2D eigenvalue weighted by Gasteiger charge is -2.30. The van der Waals surface area contributed by atoms with Gasteiger partial charge in [0, 0.05) is 11.6 Å². The Morgan fingerprint density at radius 1 is 0.889 bits per heavy atom. The molecule has 3 aromatic rings. The van der Waals surface area contributed by atoms with E-state index < -0.39 is 21.5 Å². The number of amides is 1. The first-order valence-electron chi connectivity index (χ1n) is 11.6. The zero-order valence-electron chi connectivity index (χ0n) is 21.7. The van der Waals surface area contributed by atoms with E-state index in [1.54, 1.807) is 12.1 Å². The molecule has 0 heterocycles. The van der Waals surface area contributed by atoms with Crippen LogP contribution in [0.4, 0.5) is 5.69 Å². The summed E-state index contributed by atoms with van der Waals surface area (Å²) >= 11 is 0. The molecule has 0 spiro atoms. The zero-order chi connectivity index (χ0) is 26.5. The van der Waals surface area contributed by atoms with Crippen molar-refractivity contribution in [3.63, 3.8) is 0 Å². The van der Waals surface area contributed by atoms with Gasteiger partial charge in [0.05, 0.1) is 24.8 Å². The highest BCUT2D eigenvalue weighted by Crippen LogP contribution is 2.32. The number of anilines is 1. The second-order valence-corrected chi connectivity index (χ2v) is 11.3. The maximum absolute atomic E-state index is 13.9. The van der Waals surface area contributed by atoms with Crippen LogP contribution in [0.3, 0.4) is 0 Å². The summed E-state index contributed by atoms with van der Waals surface area (Å²) in [6.45, 7) is 7.24. The Bertz CT molecular complexity index is 1300. The topological polar surface area (TPSA) is 84.9 Å². The van der Waals surface area contributed by atoms with E-state index in [9.17, 15) is 13.2 Å². The summed E-state index contributed by atoms with van der Waals surface area (Å²) in [6.07, 6.45) is 0.603. The number of methoxy groups -OCH3 is 2. The van der Waals surface area contributed by atoms with Gasteiger partial charge in [-0.2, -0.15) is 0 Å². The van der Waals surface area contributed by atoms with E-state index in [1.807, 2.05) is 64.1 Å². The second-order valence-electron chi connectivity index (χ2n) is 9.47. The molecule has 0 aliphatic rings. The maximum atomic E-state index is 13.9. The van der Waals surface area contributed by atoms with Crippen LogP contribution in [-0.2, 0) is 21.2 Å². The predicted molar refractivity (Wildman–Crippen MR) is 142 cm³/mol. The molecule has 0 bridgehead atoms. The van der Waals surface area contributed by atoms with E-state index in [2.05, 4.69) is 5.32 Å². The monoisotopic (exact) mass is 510 g/mol. The van der Waals surface area contributed by atoms with Gasteiger partial charge in [-0.25, -0.2) is 8.42 Å². The van der Waals surface area contributed by atoms with Crippen LogP contribution in [0.5, 0.6) is 11.5 Å². The van der Waals surface area contributed by atoms with Crippen molar-refractivity contribution < 1.29 is 22.7 Å². The Balaban J connectivity index is 1.96. The molecule has 1 amide bonds. The zero-order valence-corrected chi connectivity index (χ0v) is 22.5. The van der Waals surface area contributed by atoms with Crippen LogP contribution in [0, 0.1) is 13.8 Å². The Kier molecular flexibility index (Phi) is 8.30. The summed E-state index contributed by atoms with van der Waals surface area (Å²) in [7, 11) is -1.19. The quantitative estimate of drug-likeness (QED) is 0.429. The molecule has 0 saturated heterocycles. The van der Waals surface area contributed by atoms with Crippen molar-refractivity contribution in [2.75, 3.05) is 25.1 Å². The summed E-state index contributed by atoms with van der Waals surface area (Å²) in [4.78, 5) is 13.2. The summed E-state index contributed by atoms with van der Waals surface area (Å²) in [5, 5.41) is 3.01. The summed E-state index contributed by atoms with van der Waals surface area (Å²) in [5.74, 6) is 0.293. The average Bonchev–Trinajstić information content (AvgIpc) is 2.81. The molecule has 0 fully saturated rings. The van der Waals surface area contributed by atoms with E-state index in [0.717, 1.165) is 21.0 Å². The van der Waals surface area contributed by atoms with Crippen LogP contribution in [-0.4, -0.2) is 40.6 Å². The lowest BCUT2D eigenvalue weighted by atomic mass is 9.95. The first-order chi connectivity index (χ1) is 16.9. The summed E-state index contributed by atoms with van der Waals surface area (Å²) in [5.41, 5.74) is 2.69. The molecule has 192 valence electrons. The normalized spacial score (nSPS) is 11.6. The fourth-order valence-electron chi connectivity index (χ4n) is 4.21. The number of rotatable bonds is 10. The number of sulfonamides is 1. The fraction of sp³-hybridized carbons (Fsp3) is 0.321. The molecule has 0 aromatic heterocycles. The lowest BCUT2D eigenvalue weighted by molar-refractivity contribution is -0.121. The van der Waals surface area contributed by atoms with Crippen molar-refractivity contribution in [2.45, 2.75) is 44.6 Å². The number of carbonyl (C=O) groups excluding carboxylic acids is 1. The number of carbonyl (C=O) groups is 1. The Morgan fingerprint density at radius 3 is 2.08 bits per heavy atom. The van der Waals surface area contributed by atoms with Crippen LogP contribution in [0.15, 0.2) is 71.6 Å². The Labute approximate surface area is 214 Å². The van der Waals surface area contributed by atoms with Crippen molar-refractivity contribution >= 4 is 21.6 Å². The molecule has 0 aliphatic heterocycles. The molecule has 0 atom stereocenters. The minimum Gasteiger partial charge on any atom is -0.493 e. The van der Waals surface area contributed by atoms with Crippen molar-refractivity contribution in [2.24, 2.45) is 0 Å². The highest BCUT2D eigenvalue weighted by Gasteiger charge is 2.30. The number of nitrogens with one attached hydrogen (secondary N) is 1. The molecule has 0 aliphatic carbocycles. The Hall–Kier alpha value is -3.52. The van der Waals surface area contributed by atoms with E-state index in [0.29, 0.717) is 17.9 Å². The number of benzene rings is 3. The van der Waals surface area contributed by atoms with Gasteiger partial charge in [-0.15, -0.1) is 0 Å². The van der Waals surface area contributed by atoms with Crippen molar-refractivity contribution in [3.05, 3.63) is 83.4 Å². The molecule has 3 rings (SSSR count). The molecule has 1 N–H and O–H groups in total. The van der Waals surface area contributed by atoms with E-state index in [1.165, 1.54) is 32.4 Å². The Morgan fingerprint density at radius 2 is 1.50 bits per heavy atom. The van der Waals surface area contributed by atoms with E-state index >= 15 is 0 Å². The molecule has 36 heavy (non-hydrogen) atoms. The fourth-order valence-corrected chi connectivity index (χ4v) is 5.63. The van der Waals surface area contributed by atoms with Crippen molar-refractivity contribution in [3.8, 4) is 11.5 Å². The number of hydrogen-bond acceptors (Lipinski definition) is 5. The van der Waals surface area contributed by atoms with Crippen LogP contribution in [0.25, 0.3) is 0 Å². The third-order valence-corrected chi connectivity index (χ3v) is 7.46. The van der Waals surface area contributed by atoms with Gasteiger partial charge >= 0.3 is 0 Å². The molecular weight excluding hydrogens is 476 g/mol. The molecular formula is C28H34N2O5S. The third-order valence-electron chi connectivity index (χ3n) is 5.69. The van der Waals surface area contributed by atoms with Crippen LogP contribution >= 0.6 is 0 Å². The van der Waals surface area contributed by atoms with Gasteiger partial charge in [0.2, 0.25) is 5.91 Å². The second kappa shape index (κ2) is 11.0. The molecule has 0 radical (unpaired) electrons. The first kappa shape index (κ1) is 27.1. The number of aryl methyl sites for hydroxylation is 2. The van der Waals surface area contributed by atoms with Crippen LogP contribution < -0.4 is 19.1 Å². The van der Waals surface area contributed by atoms with Crippen molar-refractivity contribution in [1.29, 1.82) is 0 Å². The molecule has 0 saturated carbocycles. The molecule has 7 nitrogen and oxygen atoms in total. The standard InChI is InChI=1S/C28H34N2O5S/c1-20-14-21(2)16-23(15-20)30(36(32,33)24-12-13-25(34-5)26(17-24)35-6)19-27(31)29-28(3,4)18-22-10-8-7-9-11-22/h7-17H,18-19H2,1-6H3,(H,29,31). The van der Waals surface area contributed by atoms with Gasteiger partial charge in [-0.1, -0.05) is 36.4 Å². The predicted octanol–water partition coefficient (Wildman–Crippen LogP) is 4.65. The molecule has 3 aromatic carbocycles. The molecule has 0 unspecified atom stereocenters. The van der Waals surface area contributed by atoms with Gasteiger partial charge in [0.1, 0.15) is 6.54 Å². The minimum atomic E-state index is -4.12. The maximum Gasteiger partial charge on any atom is 0.264 e.